The van der Waals surface area contributed by atoms with Crippen molar-refractivity contribution >= 4 is 5.82 Å². The average molecular weight is 271 g/mol. The van der Waals surface area contributed by atoms with Gasteiger partial charge in [0.25, 0.3) is 0 Å². The molecule has 106 valence electrons. The molecule has 2 rings (SSSR count). The van der Waals surface area contributed by atoms with Crippen molar-refractivity contribution in [3.8, 4) is 11.6 Å². The Labute approximate surface area is 120 Å². The number of benzene rings is 1. The Morgan fingerprint density at radius 2 is 1.95 bits per heavy atom. The Balaban J connectivity index is 2.32. The van der Waals surface area contributed by atoms with Gasteiger partial charge in [0.05, 0.1) is 5.56 Å². The molecule has 0 unspecified atom stereocenters. The van der Waals surface area contributed by atoms with Crippen molar-refractivity contribution in [2.75, 3.05) is 11.9 Å². The molecule has 0 saturated heterocycles. The van der Waals surface area contributed by atoms with Gasteiger partial charge < -0.3 is 10.1 Å². The quantitative estimate of drug-likeness (QED) is 0.896. The SMILES string of the molecule is CCNc1nc(C)nc(Oc2cccc(CC)c2)c1C. The number of rotatable bonds is 5. The van der Waals surface area contributed by atoms with Crippen LogP contribution in [0.3, 0.4) is 0 Å². The number of hydrogen-bond donors (Lipinski definition) is 1. The van der Waals surface area contributed by atoms with Gasteiger partial charge in [0.15, 0.2) is 0 Å². The molecule has 0 spiro atoms. The van der Waals surface area contributed by atoms with Crippen LogP contribution in [0.4, 0.5) is 5.82 Å². The fourth-order valence-corrected chi connectivity index (χ4v) is 1.98. The Morgan fingerprint density at radius 3 is 2.65 bits per heavy atom. The molecule has 4 heteroatoms. The van der Waals surface area contributed by atoms with E-state index in [4.69, 9.17) is 4.74 Å². The molecule has 4 nitrogen and oxygen atoms in total. The van der Waals surface area contributed by atoms with Crippen LogP contribution in [0.2, 0.25) is 0 Å². The summed E-state index contributed by atoms with van der Waals surface area (Å²) in [5.41, 5.74) is 2.18. The minimum Gasteiger partial charge on any atom is -0.439 e. The molecule has 0 aliphatic carbocycles. The van der Waals surface area contributed by atoms with Crippen LogP contribution >= 0.6 is 0 Å². The molecule has 0 fully saturated rings. The molecule has 0 radical (unpaired) electrons. The lowest BCUT2D eigenvalue weighted by Gasteiger charge is -2.13. The van der Waals surface area contributed by atoms with Crippen molar-refractivity contribution in [1.29, 1.82) is 0 Å². The molecule has 0 atom stereocenters. The molecule has 0 aliphatic heterocycles. The van der Waals surface area contributed by atoms with Crippen LogP contribution in [0.5, 0.6) is 11.6 Å². The highest BCUT2D eigenvalue weighted by molar-refractivity contribution is 5.49. The second kappa shape index (κ2) is 6.37. The van der Waals surface area contributed by atoms with Crippen LogP contribution in [0, 0.1) is 13.8 Å². The van der Waals surface area contributed by atoms with E-state index in [9.17, 15) is 0 Å². The topological polar surface area (TPSA) is 47.0 Å². The minimum absolute atomic E-state index is 0.613. The molecular weight excluding hydrogens is 250 g/mol. The third kappa shape index (κ3) is 3.26. The van der Waals surface area contributed by atoms with E-state index in [-0.39, 0.29) is 0 Å². The Morgan fingerprint density at radius 1 is 1.15 bits per heavy atom. The van der Waals surface area contributed by atoms with Gasteiger partial charge in [-0.25, -0.2) is 4.98 Å². The third-order valence-corrected chi connectivity index (χ3v) is 3.08. The number of aromatic nitrogens is 2. The van der Waals surface area contributed by atoms with Gasteiger partial charge in [0.1, 0.15) is 17.4 Å². The summed E-state index contributed by atoms with van der Waals surface area (Å²) in [6, 6.07) is 8.09. The molecule has 1 aromatic heterocycles. The second-order valence-corrected chi connectivity index (χ2v) is 4.68. The Hall–Kier alpha value is -2.10. The van der Waals surface area contributed by atoms with E-state index in [1.54, 1.807) is 0 Å². The summed E-state index contributed by atoms with van der Waals surface area (Å²) in [4.78, 5) is 8.79. The predicted octanol–water partition coefficient (Wildman–Crippen LogP) is 3.88. The lowest BCUT2D eigenvalue weighted by molar-refractivity contribution is 0.455. The van der Waals surface area contributed by atoms with E-state index in [2.05, 4.69) is 28.3 Å². The van der Waals surface area contributed by atoms with E-state index >= 15 is 0 Å². The summed E-state index contributed by atoms with van der Waals surface area (Å²) >= 11 is 0. The molecule has 1 N–H and O–H groups in total. The summed E-state index contributed by atoms with van der Waals surface area (Å²) < 4.78 is 5.93. The largest absolute Gasteiger partial charge is 0.439 e. The highest BCUT2D eigenvalue weighted by Gasteiger charge is 2.10. The zero-order chi connectivity index (χ0) is 14.5. The van der Waals surface area contributed by atoms with E-state index in [1.807, 2.05) is 39.0 Å². The van der Waals surface area contributed by atoms with Gasteiger partial charge in [0, 0.05) is 6.54 Å². The number of nitrogens with one attached hydrogen (secondary N) is 1. The summed E-state index contributed by atoms with van der Waals surface area (Å²) in [5, 5.41) is 3.23. The first kappa shape index (κ1) is 14.3. The fourth-order valence-electron chi connectivity index (χ4n) is 1.98. The van der Waals surface area contributed by atoms with Crippen LogP contribution in [-0.4, -0.2) is 16.5 Å². The Bertz CT molecular complexity index is 596. The van der Waals surface area contributed by atoms with E-state index in [0.717, 1.165) is 30.1 Å². The maximum atomic E-state index is 5.93. The van der Waals surface area contributed by atoms with Crippen LogP contribution in [0.25, 0.3) is 0 Å². The lowest BCUT2D eigenvalue weighted by Crippen LogP contribution is -2.06. The molecule has 0 saturated carbocycles. The molecular formula is C16H21N3O. The van der Waals surface area contributed by atoms with Crippen molar-refractivity contribution in [1.82, 2.24) is 9.97 Å². The van der Waals surface area contributed by atoms with E-state index in [0.29, 0.717) is 11.7 Å². The van der Waals surface area contributed by atoms with E-state index < -0.39 is 0 Å². The molecule has 2 aromatic rings. The van der Waals surface area contributed by atoms with Gasteiger partial charge in [-0.2, -0.15) is 4.98 Å². The second-order valence-electron chi connectivity index (χ2n) is 4.68. The fraction of sp³-hybridized carbons (Fsp3) is 0.375. The van der Waals surface area contributed by atoms with Gasteiger partial charge in [-0.3, -0.25) is 0 Å². The summed E-state index contributed by atoms with van der Waals surface area (Å²) in [7, 11) is 0. The number of anilines is 1. The standard InChI is InChI=1S/C16H21N3O/c1-5-13-8-7-9-14(10-13)20-16-11(3)15(17-6-2)18-12(4)19-16/h7-10H,5-6H2,1-4H3,(H,17,18,19). The maximum Gasteiger partial charge on any atom is 0.227 e. The monoisotopic (exact) mass is 271 g/mol. The summed E-state index contributed by atoms with van der Waals surface area (Å²) in [5.74, 6) is 2.96. The number of ether oxygens (including phenoxy) is 1. The van der Waals surface area contributed by atoms with Crippen LogP contribution in [0.1, 0.15) is 30.8 Å². The van der Waals surface area contributed by atoms with Crippen LogP contribution in [0.15, 0.2) is 24.3 Å². The first-order valence-electron chi connectivity index (χ1n) is 7.00. The normalized spacial score (nSPS) is 10.4. The van der Waals surface area contributed by atoms with Crippen molar-refractivity contribution in [2.24, 2.45) is 0 Å². The third-order valence-electron chi connectivity index (χ3n) is 3.08. The number of hydrogen-bond acceptors (Lipinski definition) is 4. The molecule has 0 bridgehead atoms. The maximum absolute atomic E-state index is 5.93. The van der Waals surface area contributed by atoms with Gasteiger partial charge in [-0.15, -0.1) is 0 Å². The Kier molecular flexibility index (Phi) is 4.56. The van der Waals surface area contributed by atoms with Crippen molar-refractivity contribution < 1.29 is 4.74 Å². The highest BCUT2D eigenvalue weighted by Crippen LogP contribution is 2.27. The smallest absolute Gasteiger partial charge is 0.227 e. The average Bonchev–Trinajstić information content (AvgIpc) is 2.44. The van der Waals surface area contributed by atoms with Crippen molar-refractivity contribution in [3.63, 3.8) is 0 Å². The van der Waals surface area contributed by atoms with Gasteiger partial charge in [-0.05, 0) is 44.9 Å². The first-order valence-corrected chi connectivity index (χ1v) is 7.00. The van der Waals surface area contributed by atoms with E-state index in [1.165, 1.54) is 5.56 Å². The first-order chi connectivity index (χ1) is 9.63. The van der Waals surface area contributed by atoms with Crippen molar-refractivity contribution in [2.45, 2.75) is 34.1 Å². The van der Waals surface area contributed by atoms with Gasteiger partial charge in [0.2, 0.25) is 5.88 Å². The predicted molar refractivity (Wildman–Crippen MR) is 81.6 cm³/mol. The number of nitrogens with zero attached hydrogens (tertiary/aromatic N) is 2. The van der Waals surface area contributed by atoms with Gasteiger partial charge in [-0.1, -0.05) is 19.1 Å². The molecule has 1 aromatic carbocycles. The van der Waals surface area contributed by atoms with Crippen LogP contribution in [-0.2, 0) is 6.42 Å². The van der Waals surface area contributed by atoms with Gasteiger partial charge >= 0.3 is 0 Å². The molecule has 20 heavy (non-hydrogen) atoms. The van der Waals surface area contributed by atoms with Crippen LogP contribution < -0.4 is 10.1 Å². The molecule has 0 aliphatic rings. The molecule has 0 amide bonds. The summed E-state index contributed by atoms with van der Waals surface area (Å²) in [6.45, 7) is 8.83. The van der Waals surface area contributed by atoms with Crippen molar-refractivity contribution in [3.05, 3.63) is 41.2 Å². The highest BCUT2D eigenvalue weighted by atomic mass is 16.5. The zero-order valence-corrected chi connectivity index (χ0v) is 12.5. The summed E-state index contributed by atoms with van der Waals surface area (Å²) in [6.07, 6.45) is 0.988. The molecule has 1 heterocycles. The number of aryl methyl sites for hydroxylation is 2. The zero-order valence-electron chi connectivity index (χ0n) is 12.5. The lowest BCUT2D eigenvalue weighted by atomic mass is 10.2. The minimum atomic E-state index is 0.613.